The van der Waals surface area contributed by atoms with Crippen molar-refractivity contribution in [3.63, 3.8) is 0 Å². The van der Waals surface area contributed by atoms with Crippen molar-refractivity contribution in [1.29, 1.82) is 0 Å². The minimum atomic E-state index is -1.83. The van der Waals surface area contributed by atoms with Gasteiger partial charge in [0.1, 0.15) is 54.9 Å². The monoisotopic (exact) mass is 853 g/mol. The van der Waals surface area contributed by atoms with E-state index in [9.17, 15) is 55.9 Å². The van der Waals surface area contributed by atoms with E-state index < -0.39 is 141 Å². The number of rotatable bonds is 13. The van der Waals surface area contributed by atoms with E-state index in [2.05, 4.69) is 0 Å². The highest BCUT2D eigenvalue weighted by atomic mass is 16.7. The SMILES string of the molecule is COC1CC(C2[OH+]C3CC(O)CC(O)C3CC2O[C@H]2O[C@H](CO[C@H]3O[C@@H](CO)[C@@H](O)[C@H](O)[C@H]3O)[C@H](OC(=O)C=CC3CC(OC)C(O)C(OC)C3)[C@H](O)[C@H]2O)CCC1O. The average molecular weight is 854 g/mol. The van der Waals surface area contributed by atoms with E-state index in [1.807, 2.05) is 0 Å². The lowest BCUT2D eigenvalue weighted by atomic mass is 9.72. The van der Waals surface area contributed by atoms with Gasteiger partial charge >= 0.3 is 5.97 Å². The summed E-state index contributed by atoms with van der Waals surface area (Å²) in [6, 6.07) is 0. The highest BCUT2D eigenvalue weighted by Crippen LogP contribution is 2.43. The minimum Gasteiger partial charge on any atom is -0.453 e. The summed E-state index contributed by atoms with van der Waals surface area (Å²) >= 11 is 0. The highest BCUT2D eigenvalue weighted by Gasteiger charge is 2.56. The van der Waals surface area contributed by atoms with Gasteiger partial charge in [0.25, 0.3) is 0 Å². The second-order valence-corrected chi connectivity index (χ2v) is 17.0. The highest BCUT2D eigenvalue weighted by molar-refractivity contribution is 5.82. The van der Waals surface area contributed by atoms with Crippen molar-refractivity contribution in [2.24, 2.45) is 17.8 Å². The summed E-state index contributed by atoms with van der Waals surface area (Å²) in [5.74, 6) is -1.73. The molecule has 6 rings (SSSR count). The molecule has 0 spiro atoms. The van der Waals surface area contributed by atoms with Gasteiger partial charge in [-0.1, -0.05) is 6.08 Å². The van der Waals surface area contributed by atoms with Crippen LogP contribution in [0.15, 0.2) is 12.2 Å². The second kappa shape index (κ2) is 20.8. The first kappa shape index (κ1) is 47.0. The van der Waals surface area contributed by atoms with Gasteiger partial charge in [-0.05, 0) is 44.4 Å². The van der Waals surface area contributed by atoms with Crippen molar-refractivity contribution < 1.29 is 98.5 Å². The first-order valence-electron chi connectivity index (χ1n) is 20.7. The zero-order chi connectivity index (χ0) is 42.7. The Morgan fingerprint density at radius 2 is 1.34 bits per heavy atom. The van der Waals surface area contributed by atoms with E-state index in [0.29, 0.717) is 38.5 Å². The van der Waals surface area contributed by atoms with E-state index in [1.165, 1.54) is 21.3 Å². The predicted molar refractivity (Wildman–Crippen MR) is 198 cm³/mol. The zero-order valence-corrected chi connectivity index (χ0v) is 33.6. The maximum atomic E-state index is 13.3. The van der Waals surface area contributed by atoms with Gasteiger partial charge in [0, 0.05) is 46.2 Å². The van der Waals surface area contributed by atoms with Crippen LogP contribution in [0.5, 0.6) is 0 Å². The van der Waals surface area contributed by atoms with Crippen molar-refractivity contribution in [2.45, 2.75) is 174 Å². The molecule has 20 nitrogen and oxygen atoms in total. The minimum absolute atomic E-state index is 0.151. The molecular weight excluding hydrogens is 788 g/mol. The van der Waals surface area contributed by atoms with E-state index in [1.54, 1.807) is 6.08 Å². The Bertz CT molecular complexity index is 1340. The largest absolute Gasteiger partial charge is 0.453 e. The number of ether oxygens (including phenoxy) is 9. The fourth-order valence-electron chi connectivity index (χ4n) is 9.83. The molecule has 20 heteroatoms. The predicted octanol–water partition coefficient (Wildman–Crippen LogP) is -4.12. The molecule has 3 saturated carbocycles. The number of hydrogen-bond donors (Lipinski definition) is 10. The Kier molecular flexibility index (Phi) is 16.5. The summed E-state index contributed by atoms with van der Waals surface area (Å²) in [6.07, 6.45) is -17.2. The summed E-state index contributed by atoms with van der Waals surface area (Å²) < 4.78 is 51.1. The molecule has 340 valence electrons. The van der Waals surface area contributed by atoms with Crippen LogP contribution in [0.3, 0.4) is 0 Å². The van der Waals surface area contributed by atoms with Crippen LogP contribution in [-0.4, -0.2) is 219 Å². The summed E-state index contributed by atoms with van der Waals surface area (Å²) in [5, 5.41) is 107. The third-order valence-corrected chi connectivity index (χ3v) is 13.3. The van der Waals surface area contributed by atoms with Gasteiger partial charge in [0.05, 0.1) is 55.8 Å². The van der Waals surface area contributed by atoms with E-state index >= 15 is 0 Å². The van der Waals surface area contributed by atoms with Crippen LogP contribution in [0.1, 0.15) is 51.4 Å². The molecule has 0 aromatic carbocycles. The van der Waals surface area contributed by atoms with Gasteiger partial charge in [0.2, 0.25) is 0 Å². The molecule has 11 unspecified atom stereocenters. The lowest BCUT2D eigenvalue weighted by molar-refractivity contribution is -0.363. The molecule has 0 amide bonds. The number of hydrogen-bond acceptors (Lipinski definition) is 19. The number of aliphatic hydroxyl groups excluding tert-OH is 10. The first-order chi connectivity index (χ1) is 28.2. The third kappa shape index (κ3) is 10.7. The smallest absolute Gasteiger partial charge is 0.330 e. The van der Waals surface area contributed by atoms with Gasteiger partial charge in [-0.2, -0.15) is 0 Å². The number of aliphatic hydroxyl groups is 12. The normalized spacial score (nSPS) is 49.7. The van der Waals surface area contributed by atoms with Crippen LogP contribution in [0.2, 0.25) is 0 Å². The molecule has 3 aliphatic carbocycles. The number of allylic oxidation sites excluding steroid dienone is 1. The molecule has 0 aromatic rings. The number of carbonyl (C=O) groups excluding carboxylic acids is 1. The van der Waals surface area contributed by atoms with Crippen molar-refractivity contribution in [2.75, 3.05) is 34.5 Å². The van der Waals surface area contributed by atoms with Crippen LogP contribution in [0, 0.1) is 17.8 Å². The van der Waals surface area contributed by atoms with Gasteiger partial charge in [0.15, 0.2) is 30.9 Å². The maximum absolute atomic E-state index is 13.3. The lowest BCUT2D eigenvalue weighted by Crippen LogP contribution is -2.64. The van der Waals surface area contributed by atoms with Crippen LogP contribution in [0.4, 0.5) is 0 Å². The molecule has 3 heterocycles. The van der Waals surface area contributed by atoms with E-state index in [-0.39, 0.29) is 30.8 Å². The third-order valence-electron chi connectivity index (χ3n) is 13.3. The number of methoxy groups -OCH3 is 3. The molecule has 11 N–H and O–H groups in total. The molecule has 0 aromatic heterocycles. The Balaban J connectivity index is 1.21. The fourth-order valence-corrected chi connectivity index (χ4v) is 9.83. The molecule has 0 radical (unpaired) electrons. The van der Waals surface area contributed by atoms with Gasteiger partial charge in [-0.15, -0.1) is 0 Å². The molecule has 6 fully saturated rings. The Hall–Kier alpha value is -1.51. The van der Waals surface area contributed by atoms with Crippen LogP contribution < -0.4 is 0 Å². The standard InChI is InChI=1S/C39H64O20/c1-51-23-10-17(5-6-20(23)42)36-26(13-19-21(43)11-18(41)12-22(19)55-36)56-39-35(50)33(48)37(28(58-39)15-54-38-34(49)32(47)31(46)27(14-40)57-38)59-29(44)7-4-16-8-24(52-2)30(45)25(9-16)53-3/h4,7,16-28,30-43,45-50H,5-6,8-15H2,1-3H3/p+1/t16?,17?,18?,19?,20?,21?,22?,23?,24?,25?,26?,27-,28+,30?,31+,32-,33+,34+,35+,36?,37-,38-,39-/m0/s1. The van der Waals surface area contributed by atoms with Crippen LogP contribution in [-0.2, 0) is 42.7 Å². The van der Waals surface area contributed by atoms with Gasteiger partial charge in [-0.3, -0.25) is 0 Å². The average Bonchev–Trinajstić information content (AvgIpc) is 3.22. The second-order valence-electron chi connectivity index (χ2n) is 17.0. The molecule has 6 aliphatic rings. The molecular formula is C39H65O20+. The molecule has 59 heavy (non-hydrogen) atoms. The Morgan fingerprint density at radius 1 is 0.678 bits per heavy atom. The molecule has 3 saturated heterocycles. The Labute approximate surface area is 342 Å². The van der Waals surface area contributed by atoms with Gasteiger partial charge < -0.3 is 93.7 Å². The summed E-state index contributed by atoms with van der Waals surface area (Å²) in [6.45, 7) is -1.31. The number of esters is 1. The number of carbonyl (C=O) groups is 1. The van der Waals surface area contributed by atoms with E-state index in [4.69, 9.17) is 42.6 Å². The zero-order valence-electron chi connectivity index (χ0n) is 33.6. The summed E-state index contributed by atoms with van der Waals surface area (Å²) in [4.78, 5) is 13.3. The maximum Gasteiger partial charge on any atom is 0.330 e. The van der Waals surface area contributed by atoms with Crippen LogP contribution in [0.25, 0.3) is 0 Å². The van der Waals surface area contributed by atoms with Crippen molar-refractivity contribution in [3.8, 4) is 0 Å². The number of fused-ring (bicyclic) bond motifs is 1. The van der Waals surface area contributed by atoms with E-state index in [0.717, 1.165) is 6.08 Å². The van der Waals surface area contributed by atoms with Gasteiger partial charge in [-0.25, -0.2) is 4.79 Å². The van der Waals surface area contributed by atoms with Crippen molar-refractivity contribution >= 4 is 5.97 Å². The molecule has 0 bridgehead atoms. The summed E-state index contributed by atoms with van der Waals surface area (Å²) in [7, 11) is 4.44. The fraction of sp³-hybridized carbons (Fsp3) is 0.923. The lowest BCUT2D eigenvalue weighted by Gasteiger charge is -2.49. The first-order valence-corrected chi connectivity index (χ1v) is 20.7. The Morgan fingerprint density at radius 3 is 2.00 bits per heavy atom. The van der Waals surface area contributed by atoms with Crippen molar-refractivity contribution in [1.82, 2.24) is 0 Å². The summed E-state index contributed by atoms with van der Waals surface area (Å²) in [5.41, 5.74) is 0. The van der Waals surface area contributed by atoms with Crippen LogP contribution >= 0.6 is 0 Å². The van der Waals surface area contributed by atoms with Crippen molar-refractivity contribution in [3.05, 3.63) is 12.2 Å². The topological polar surface area (TPSA) is 306 Å². The molecule has 21 atom stereocenters. The quantitative estimate of drug-likeness (QED) is 0.0478. The molecule has 3 aliphatic heterocycles.